The van der Waals surface area contributed by atoms with E-state index in [1.165, 1.54) is 122 Å². The van der Waals surface area contributed by atoms with Gasteiger partial charge in [-0.3, -0.25) is 0 Å². The molecule has 2 rings (SSSR count). The zero-order valence-corrected chi connectivity index (χ0v) is 23.0. The highest BCUT2D eigenvalue weighted by Crippen LogP contribution is 2.40. The van der Waals surface area contributed by atoms with Crippen LogP contribution in [0.5, 0.6) is 0 Å². The lowest BCUT2D eigenvalue weighted by atomic mass is 9.72. The summed E-state index contributed by atoms with van der Waals surface area (Å²) in [4.78, 5) is 0. The molecule has 0 heterocycles. The maximum Gasteiger partial charge on any atom is 0.0575 e. The van der Waals surface area contributed by atoms with Crippen LogP contribution in [0.1, 0.15) is 135 Å². The van der Waals surface area contributed by atoms with Crippen molar-refractivity contribution in [3.05, 3.63) is 0 Å². The van der Waals surface area contributed by atoms with Gasteiger partial charge in [-0.1, -0.05) is 51.9 Å². The maximum atomic E-state index is 6.30. The first-order chi connectivity index (χ1) is 16.8. The molecule has 0 spiro atoms. The van der Waals surface area contributed by atoms with Crippen LogP contribution in [-0.4, -0.2) is 52.4 Å². The highest BCUT2D eigenvalue weighted by atomic mass is 16.5. The van der Waals surface area contributed by atoms with E-state index >= 15 is 0 Å². The van der Waals surface area contributed by atoms with Gasteiger partial charge in [-0.15, -0.1) is 0 Å². The van der Waals surface area contributed by atoms with Crippen LogP contribution in [-0.2, 0) is 18.9 Å². The molecule has 0 aromatic carbocycles. The minimum absolute atomic E-state index is 0.374. The fourth-order valence-corrected chi connectivity index (χ4v) is 6.10. The van der Waals surface area contributed by atoms with E-state index in [1.54, 1.807) is 0 Å². The average Bonchev–Trinajstić information content (AvgIpc) is 2.88. The van der Waals surface area contributed by atoms with Gasteiger partial charge in [0.05, 0.1) is 12.2 Å². The molecule has 0 N–H and O–H groups in total. The molecule has 0 radical (unpaired) electrons. The van der Waals surface area contributed by atoms with Crippen molar-refractivity contribution in [2.75, 3.05) is 40.1 Å². The summed E-state index contributed by atoms with van der Waals surface area (Å²) < 4.78 is 24.0. The van der Waals surface area contributed by atoms with E-state index in [2.05, 4.69) is 6.92 Å². The van der Waals surface area contributed by atoms with Crippen molar-refractivity contribution in [3.8, 4) is 0 Å². The Morgan fingerprint density at radius 2 is 1.00 bits per heavy atom. The van der Waals surface area contributed by atoms with Gasteiger partial charge in [-0.05, 0) is 88.9 Å². The minimum atomic E-state index is 0.374. The SMILES string of the molecule is CCCCOCCCC(CCCOC)(CCCOC1CCCCC1)CCCOC1CCCCC1. The number of ether oxygens (including phenoxy) is 4. The highest BCUT2D eigenvalue weighted by molar-refractivity contribution is 4.80. The molecule has 202 valence electrons. The smallest absolute Gasteiger partial charge is 0.0575 e. The van der Waals surface area contributed by atoms with Crippen molar-refractivity contribution < 1.29 is 18.9 Å². The monoisotopic (exact) mass is 482 g/mol. The Kier molecular flexibility index (Phi) is 17.7. The topological polar surface area (TPSA) is 36.9 Å². The fourth-order valence-electron chi connectivity index (χ4n) is 6.10. The van der Waals surface area contributed by atoms with Crippen LogP contribution in [0.2, 0.25) is 0 Å². The third-order valence-electron chi connectivity index (χ3n) is 8.21. The van der Waals surface area contributed by atoms with Gasteiger partial charge in [0.15, 0.2) is 0 Å². The number of rotatable bonds is 21. The third kappa shape index (κ3) is 13.8. The first-order valence-electron chi connectivity index (χ1n) is 15.1. The van der Waals surface area contributed by atoms with Gasteiger partial charge >= 0.3 is 0 Å². The Morgan fingerprint density at radius 1 is 0.559 bits per heavy atom. The molecule has 0 aromatic heterocycles. The largest absolute Gasteiger partial charge is 0.385 e. The Labute approximate surface area is 212 Å². The zero-order chi connectivity index (χ0) is 24.2. The lowest BCUT2D eigenvalue weighted by Crippen LogP contribution is -2.25. The minimum Gasteiger partial charge on any atom is -0.385 e. The molecule has 2 aliphatic rings. The van der Waals surface area contributed by atoms with E-state index in [0.717, 1.165) is 39.5 Å². The maximum absolute atomic E-state index is 6.30. The number of methoxy groups -OCH3 is 1. The van der Waals surface area contributed by atoms with Crippen LogP contribution in [0.25, 0.3) is 0 Å². The van der Waals surface area contributed by atoms with Crippen LogP contribution in [0.4, 0.5) is 0 Å². The van der Waals surface area contributed by atoms with E-state index in [4.69, 9.17) is 18.9 Å². The number of unbranched alkanes of at least 4 members (excludes halogenated alkanes) is 1. The molecule has 2 saturated carbocycles. The van der Waals surface area contributed by atoms with E-state index < -0.39 is 0 Å². The summed E-state index contributed by atoms with van der Waals surface area (Å²) in [5.41, 5.74) is 0.374. The van der Waals surface area contributed by atoms with Crippen molar-refractivity contribution in [2.45, 2.75) is 148 Å². The van der Waals surface area contributed by atoms with E-state index in [9.17, 15) is 0 Å². The molecule has 34 heavy (non-hydrogen) atoms. The Hall–Kier alpha value is -0.160. The van der Waals surface area contributed by atoms with Crippen molar-refractivity contribution in [2.24, 2.45) is 5.41 Å². The lowest BCUT2D eigenvalue weighted by Gasteiger charge is -2.35. The van der Waals surface area contributed by atoms with Crippen LogP contribution in [0.3, 0.4) is 0 Å². The molecular formula is C30H58O4. The molecule has 0 saturated heterocycles. The second-order valence-electron chi connectivity index (χ2n) is 11.1. The molecule has 0 aromatic rings. The number of hydrogen-bond donors (Lipinski definition) is 0. The molecule has 0 bridgehead atoms. The van der Waals surface area contributed by atoms with Gasteiger partial charge < -0.3 is 18.9 Å². The van der Waals surface area contributed by atoms with E-state index in [0.29, 0.717) is 17.6 Å². The quantitative estimate of drug-likeness (QED) is 0.154. The van der Waals surface area contributed by atoms with Gasteiger partial charge in [-0.25, -0.2) is 0 Å². The normalized spacial score (nSPS) is 18.5. The molecule has 2 aliphatic carbocycles. The van der Waals surface area contributed by atoms with Gasteiger partial charge in [0.1, 0.15) is 0 Å². The lowest BCUT2D eigenvalue weighted by molar-refractivity contribution is 0.00971. The van der Waals surface area contributed by atoms with Gasteiger partial charge in [0.2, 0.25) is 0 Å². The first kappa shape index (κ1) is 30.1. The van der Waals surface area contributed by atoms with Gasteiger partial charge in [-0.2, -0.15) is 0 Å². The Balaban J connectivity index is 1.83. The van der Waals surface area contributed by atoms with Crippen molar-refractivity contribution >= 4 is 0 Å². The van der Waals surface area contributed by atoms with Crippen molar-refractivity contribution in [1.82, 2.24) is 0 Å². The van der Waals surface area contributed by atoms with Crippen LogP contribution < -0.4 is 0 Å². The standard InChI is InChI=1S/C30H58O4/c1-3-4-24-32-25-12-20-30(19-11-23-31-2,21-13-26-33-28-15-7-5-8-16-28)22-14-27-34-29-17-9-6-10-18-29/h28-29H,3-27H2,1-2H3. The first-order valence-corrected chi connectivity index (χ1v) is 15.1. The predicted octanol–water partition coefficient (Wildman–Crippen LogP) is 8.26. The summed E-state index contributed by atoms with van der Waals surface area (Å²) in [5.74, 6) is 0. The molecule has 4 heteroatoms. The average molecular weight is 483 g/mol. The second-order valence-corrected chi connectivity index (χ2v) is 11.1. The Bertz CT molecular complexity index is 417. The van der Waals surface area contributed by atoms with Gasteiger partial charge in [0.25, 0.3) is 0 Å². The molecule has 0 amide bonds. The number of hydrogen-bond acceptors (Lipinski definition) is 4. The Morgan fingerprint density at radius 3 is 1.47 bits per heavy atom. The summed E-state index contributed by atoms with van der Waals surface area (Å²) in [6.07, 6.45) is 26.4. The fraction of sp³-hybridized carbons (Fsp3) is 1.00. The summed E-state index contributed by atoms with van der Waals surface area (Å²) in [7, 11) is 1.83. The second kappa shape index (κ2) is 20.0. The van der Waals surface area contributed by atoms with Crippen LogP contribution in [0, 0.1) is 5.41 Å². The van der Waals surface area contributed by atoms with Crippen LogP contribution in [0.15, 0.2) is 0 Å². The summed E-state index contributed by atoms with van der Waals surface area (Å²) in [6, 6.07) is 0. The third-order valence-corrected chi connectivity index (χ3v) is 8.21. The molecule has 0 atom stereocenters. The van der Waals surface area contributed by atoms with Gasteiger partial charge in [0, 0.05) is 40.1 Å². The molecule has 2 fully saturated rings. The van der Waals surface area contributed by atoms with E-state index in [1.807, 2.05) is 7.11 Å². The predicted molar refractivity (Wildman–Crippen MR) is 143 cm³/mol. The zero-order valence-electron chi connectivity index (χ0n) is 23.0. The highest BCUT2D eigenvalue weighted by Gasteiger charge is 2.29. The van der Waals surface area contributed by atoms with Crippen LogP contribution >= 0.6 is 0 Å². The molecule has 0 aliphatic heterocycles. The van der Waals surface area contributed by atoms with Crippen molar-refractivity contribution in [1.29, 1.82) is 0 Å². The van der Waals surface area contributed by atoms with E-state index in [-0.39, 0.29) is 0 Å². The summed E-state index contributed by atoms with van der Waals surface area (Å²) in [6.45, 7) is 6.78. The molecular weight excluding hydrogens is 424 g/mol. The van der Waals surface area contributed by atoms with Crippen molar-refractivity contribution in [3.63, 3.8) is 0 Å². The summed E-state index contributed by atoms with van der Waals surface area (Å²) >= 11 is 0. The molecule has 0 unspecified atom stereocenters. The summed E-state index contributed by atoms with van der Waals surface area (Å²) in [5, 5.41) is 0. The molecule has 4 nitrogen and oxygen atoms in total.